The second-order valence-corrected chi connectivity index (χ2v) is 15.1. The summed E-state index contributed by atoms with van der Waals surface area (Å²) >= 11 is 0. The smallest absolute Gasteiger partial charge is 0.410 e. The Morgan fingerprint density at radius 3 is 2.21 bits per heavy atom. The second kappa shape index (κ2) is 16.2. The molecule has 3 aliphatic rings. The molecule has 1 atom stereocenters. The van der Waals surface area contributed by atoms with Crippen molar-refractivity contribution < 1.29 is 23.9 Å². The second-order valence-electron chi connectivity index (χ2n) is 15.1. The molecule has 5 aromatic rings. The van der Waals surface area contributed by atoms with Gasteiger partial charge >= 0.3 is 6.09 Å². The van der Waals surface area contributed by atoms with Gasteiger partial charge in [-0.2, -0.15) is 0 Å². The zero-order chi connectivity index (χ0) is 38.8. The van der Waals surface area contributed by atoms with Gasteiger partial charge < -0.3 is 28.7 Å². The molecule has 0 saturated carbocycles. The summed E-state index contributed by atoms with van der Waals surface area (Å²) in [6.45, 7) is 9.92. The fourth-order valence-electron chi connectivity index (χ4n) is 8.30. The van der Waals surface area contributed by atoms with E-state index in [1.165, 1.54) is 5.56 Å². The summed E-state index contributed by atoms with van der Waals surface area (Å²) in [7, 11) is 1.81. The van der Waals surface area contributed by atoms with Gasteiger partial charge in [0.05, 0.1) is 18.8 Å². The summed E-state index contributed by atoms with van der Waals surface area (Å²) in [6.07, 6.45) is 0.948. The molecule has 3 amide bonds. The number of amides is 3. The van der Waals surface area contributed by atoms with Crippen LogP contribution in [0.5, 0.6) is 5.75 Å². The minimum absolute atomic E-state index is 0.0230. The van der Waals surface area contributed by atoms with Crippen molar-refractivity contribution in [3.05, 3.63) is 142 Å². The van der Waals surface area contributed by atoms with Gasteiger partial charge in [0.1, 0.15) is 5.75 Å². The van der Waals surface area contributed by atoms with Crippen LogP contribution >= 0.6 is 0 Å². The van der Waals surface area contributed by atoms with Gasteiger partial charge in [-0.3, -0.25) is 14.5 Å². The highest BCUT2D eigenvalue weighted by Crippen LogP contribution is 2.36. The van der Waals surface area contributed by atoms with Crippen LogP contribution in [0.4, 0.5) is 10.5 Å². The summed E-state index contributed by atoms with van der Waals surface area (Å²) in [5.41, 5.74) is 8.86. The molecule has 8 rings (SSSR count). The zero-order valence-electron chi connectivity index (χ0n) is 32.4. The molecule has 4 heterocycles. The number of hydrogen-bond acceptors (Lipinski definition) is 6. The van der Waals surface area contributed by atoms with Gasteiger partial charge in [-0.25, -0.2) is 4.79 Å². The fourth-order valence-corrected chi connectivity index (χ4v) is 8.30. The van der Waals surface area contributed by atoms with Crippen LogP contribution in [0.1, 0.15) is 55.6 Å². The summed E-state index contributed by atoms with van der Waals surface area (Å²) in [6, 6.07) is 33.2. The molecule has 288 valence electrons. The summed E-state index contributed by atoms with van der Waals surface area (Å²) in [4.78, 5) is 50.6. The highest BCUT2D eigenvalue weighted by Gasteiger charge is 2.33. The predicted molar refractivity (Wildman–Crippen MR) is 217 cm³/mol. The van der Waals surface area contributed by atoms with Gasteiger partial charge in [0.2, 0.25) is 0 Å². The van der Waals surface area contributed by atoms with E-state index in [9.17, 15) is 9.59 Å². The topological polar surface area (TPSA) is 87.6 Å². The molecule has 10 nitrogen and oxygen atoms in total. The first-order valence-corrected chi connectivity index (χ1v) is 19.6. The van der Waals surface area contributed by atoms with E-state index in [0.29, 0.717) is 62.7 Å². The quantitative estimate of drug-likeness (QED) is 0.167. The van der Waals surface area contributed by atoms with E-state index >= 15 is 4.79 Å². The highest BCUT2D eigenvalue weighted by molar-refractivity contribution is 6.08. The number of para-hydroxylation sites is 2. The van der Waals surface area contributed by atoms with Crippen LogP contribution in [0.25, 0.3) is 11.3 Å². The lowest BCUT2D eigenvalue weighted by Gasteiger charge is -2.36. The summed E-state index contributed by atoms with van der Waals surface area (Å²) in [5, 5.41) is 0. The third kappa shape index (κ3) is 7.59. The van der Waals surface area contributed by atoms with Gasteiger partial charge in [-0.15, -0.1) is 0 Å². The van der Waals surface area contributed by atoms with Gasteiger partial charge in [0.15, 0.2) is 0 Å². The number of morpholine rings is 1. The Kier molecular flexibility index (Phi) is 10.8. The van der Waals surface area contributed by atoms with Gasteiger partial charge in [-0.1, -0.05) is 60.7 Å². The van der Waals surface area contributed by atoms with Crippen LogP contribution < -0.4 is 9.64 Å². The number of carbonyl (C=O) groups is 3. The number of anilines is 1. The molecule has 0 spiro atoms. The maximum atomic E-state index is 15.1. The van der Waals surface area contributed by atoms with Crippen molar-refractivity contribution in [1.29, 1.82) is 0 Å². The Hall–Kier alpha value is -5.71. The first-order valence-electron chi connectivity index (χ1n) is 19.6. The zero-order valence-corrected chi connectivity index (χ0v) is 32.4. The highest BCUT2D eigenvalue weighted by atomic mass is 16.6. The molecule has 1 fully saturated rings. The average molecular weight is 752 g/mol. The maximum Gasteiger partial charge on any atom is 0.415 e. The van der Waals surface area contributed by atoms with Crippen molar-refractivity contribution in [1.82, 2.24) is 19.3 Å². The van der Waals surface area contributed by atoms with Gasteiger partial charge in [0.25, 0.3) is 11.8 Å². The van der Waals surface area contributed by atoms with Crippen molar-refractivity contribution >= 4 is 23.6 Å². The Morgan fingerprint density at radius 2 is 1.46 bits per heavy atom. The molecule has 56 heavy (non-hydrogen) atoms. The van der Waals surface area contributed by atoms with Crippen molar-refractivity contribution in [3.63, 3.8) is 0 Å². The van der Waals surface area contributed by atoms with Crippen LogP contribution in [-0.2, 0) is 37.2 Å². The predicted octanol–water partition coefficient (Wildman–Crippen LogP) is 7.22. The monoisotopic (exact) mass is 751 g/mol. The number of ether oxygens (including phenoxy) is 2. The van der Waals surface area contributed by atoms with Crippen LogP contribution in [0.15, 0.2) is 103 Å². The maximum absolute atomic E-state index is 15.1. The van der Waals surface area contributed by atoms with E-state index in [-0.39, 0.29) is 17.9 Å². The molecule has 3 aliphatic heterocycles. The molecule has 10 heteroatoms. The van der Waals surface area contributed by atoms with E-state index in [1.807, 2.05) is 78.6 Å². The van der Waals surface area contributed by atoms with Crippen LogP contribution in [0.2, 0.25) is 0 Å². The molecular formula is C46H49N5O5. The summed E-state index contributed by atoms with van der Waals surface area (Å²) in [5.74, 6) is 0.312. The number of benzene rings is 4. The van der Waals surface area contributed by atoms with Crippen LogP contribution in [0.3, 0.4) is 0 Å². The van der Waals surface area contributed by atoms with E-state index in [0.717, 1.165) is 65.4 Å². The Labute approximate surface area is 328 Å². The number of hydrogen-bond donors (Lipinski definition) is 0. The number of rotatable bonds is 8. The lowest BCUT2D eigenvalue weighted by molar-refractivity contribution is 0.0364. The minimum Gasteiger partial charge on any atom is -0.410 e. The van der Waals surface area contributed by atoms with Crippen LogP contribution in [-0.4, -0.2) is 89.7 Å². The Bertz CT molecular complexity index is 2230. The minimum atomic E-state index is -0.418. The third-order valence-corrected chi connectivity index (χ3v) is 11.6. The van der Waals surface area contributed by atoms with Crippen molar-refractivity contribution in [2.75, 3.05) is 51.3 Å². The molecule has 0 bridgehead atoms. The van der Waals surface area contributed by atoms with E-state index in [2.05, 4.69) is 40.7 Å². The van der Waals surface area contributed by atoms with E-state index in [1.54, 1.807) is 29.0 Å². The van der Waals surface area contributed by atoms with Crippen LogP contribution in [0, 0.1) is 6.92 Å². The van der Waals surface area contributed by atoms with E-state index < -0.39 is 6.09 Å². The van der Waals surface area contributed by atoms with Crippen molar-refractivity contribution in [2.24, 2.45) is 0 Å². The standard InChI is InChI=1S/C46H49N5O5/c1-32-26-34-12-10-11-13-36(34)31-51(32)45(53)42-28-37-30-49(46(54)56-39-16-8-5-9-17-39)19-18-35(37)27-41(42)43-29-40(44(52)47(3)38-14-6-4-7-15-38)33(2)50(43)21-20-48-22-24-55-25-23-48/h4-17,27-29,32H,18-26,30-31H2,1-3H3/t32-/m1/s1. The lowest BCUT2D eigenvalue weighted by Crippen LogP contribution is -2.43. The number of nitrogens with zero attached hydrogens (tertiary/aromatic N) is 5. The van der Waals surface area contributed by atoms with E-state index in [4.69, 9.17) is 9.47 Å². The Balaban J connectivity index is 1.21. The third-order valence-electron chi connectivity index (χ3n) is 11.6. The van der Waals surface area contributed by atoms with Crippen molar-refractivity contribution in [3.8, 4) is 17.0 Å². The van der Waals surface area contributed by atoms with Gasteiger partial charge in [-0.05, 0) is 91.4 Å². The van der Waals surface area contributed by atoms with Gasteiger partial charge in [0, 0.05) is 87.1 Å². The first-order chi connectivity index (χ1) is 27.2. The first kappa shape index (κ1) is 37.2. The SMILES string of the molecule is Cc1c(C(=O)N(C)c2ccccc2)cc(-c2cc3c(cc2C(=O)N2Cc4ccccc4C[C@H]2C)CN(C(=O)Oc2ccccc2)CC3)n1CCN1CCOCC1. The lowest BCUT2D eigenvalue weighted by atomic mass is 9.90. The molecule has 1 aromatic heterocycles. The van der Waals surface area contributed by atoms with Crippen molar-refractivity contribution in [2.45, 2.75) is 52.4 Å². The molecule has 0 radical (unpaired) electrons. The number of carbonyl (C=O) groups excluding carboxylic acids is 3. The average Bonchev–Trinajstić information content (AvgIpc) is 3.57. The molecule has 0 aliphatic carbocycles. The summed E-state index contributed by atoms with van der Waals surface area (Å²) < 4.78 is 13.6. The molecular weight excluding hydrogens is 703 g/mol. The molecule has 0 N–H and O–H groups in total. The Morgan fingerprint density at radius 1 is 0.768 bits per heavy atom. The number of fused-ring (bicyclic) bond motifs is 2. The molecule has 1 saturated heterocycles. The number of aromatic nitrogens is 1. The normalized spacial score (nSPS) is 16.9. The fraction of sp³-hybridized carbons (Fsp3) is 0.326. The largest absolute Gasteiger partial charge is 0.415 e. The molecule has 0 unspecified atom stereocenters. The molecule has 4 aromatic carbocycles.